The molecule has 0 aliphatic rings. The first-order valence-electron chi connectivity index (χ1n) is 9.01. The monoisotopic (exact) mass is 379 g/mol. The van der Waals surface area contributed by atoms with E-state index in [0.29, 0.717) is 25.6 Å². The van der Waals surface area contributed by atoms with Crippen LogP contribution in [0, 0.1) is 5.92 Å². The molecule has 1 aromatic carbocycles. The minimum absolute atomic E-state index is 0.0590. The quantitative estimate of drug-likeness (QED) is 0.686. The van der Waals surface area contributed by atoms with E-state index < -0.39 is 9.84 Å². The van der Waals surface area contributed by atoms with Crippen LogP contribution in [0.15, 0.2) is 41.7 Å². The molecule has 144 valence electrons. The maximum atomic E-state index is 13.0. The fraction of sp³-hybridized carbons (Fsp3) is 0.526. The fourth-order valence-electron chi connectivity index (χ4n) is 2.90. The van der Waals surface area contributed by atoms with E-state index in [4.69, 9.17) is 0 Å². The number of likely N-dealkylation sites (N-methyl/N-ethyl adjacent to an activating group) is 1. The highest BCUT2D eigenvalue weighted by atomic mass is 32.2. The molecule has 0 unspecified atom stereocenters. The third kappa shape index (κ3) is 5.40. The average molecular weight is 380 g/mol. The average Bonchev–Trinajstić information content (AvgIpc) is 2.97. The van der Waals surface area contributed by atoms with Crippen molar-refractivity contribution in [3.63, 3.8) is 0 Å². The van der Waals surface area contributed by atoms with Gasteiger partial charge in [-0.15, -0.1) is 0 Å². The van der Waals surface area contributed by atoms with Gasteiger partial charge in [-0.05, 0) is 18.0 Å². The maximum absolute atomic E-state index is 13.0. The number of aliphatic hydroxyl groups excluding tert-OH is 1. The van der Waals surface area contributed by atoms with E-state index in [2.05, 4.69) is 23.7 Å². The molecule has 0 atom stereocenters. The van der Waals surface area contributed by atoms with Crippen LogP contribution in [0.1, 0.15) is 32.0 Å². The highest BCUT2D eigenvalue weighted by molar-refractivity contribution is 7.90. The standard InChI is InChI=1S/C19H29N3O3S/c1-4-21(10-11-23)14-18-12-20-19(22(18)13-16(2)3)26(24,25)15-17-8-6-5-7-9-17/h5-9,12,16,23H,4,10-11,13-15H2,1-3H3. The largest absolute Gasteiger partial charge is 0.395 e. The van der Waals surface area contributed by atoms with Crippen LogP contribution in [0.25, 0.3) is 0 Å². The van der Waals surface area contributed by atoms with Gasteiger partial charge in [0.25, 0.3) is 0 Å². The van der Waals surface area contributed by atoms with Crippen molar-refractivity contribution in [2.75, 3.05) is 19.7 Å². The summed E-state index contributed by atoms with van der Waals surface area (Å²) in [6.45, 7) is 8.70. The summed E-state index contributed by atoms with van der Waals surface area (Å²) in [5.74, 6) is 0.234. The number of rotatable bonds is 10. The van der Waals surface area contributed by atoms with Crippen LogP contribution in [0.4, 0.5) is 0 Å². The van der Waals surface area contributed by atoms with Crippen molar-refractivity contribution < 1.29 is 13.5 Å². The second-order valence-corrected chi connectivity index (χ2v) is 8.76. The smallest absolute Gasteiger partial charge is 0.228 e. The van der Waals surface area contributed by atoms with Crippen molar-refractivity contribution in [2.45, 2.75) is 44.8 Å². The third-order valence-corrected chi connectivity index (χ3v) is 5.77. The van der Waals surface area contributed by atoms with E-state index in [1.165, 1.54) is 0 Å². The summed E-state index contributed by atoms with van der Waals surface area (Å²) in [6, 6.07) is 9.17. The Morgan fingerprint density at radius 3 is 2.50 bits per heavy atom. The molecule has 0 aliphatic heterocycles. The second-order valence-electron chi connectivity index (χ2n) is 6.87. The summed E-state index contributed by atoms with van der Waals surface area (Å²) in [4.78, 5) is 6.34. The molecule has 1 heterocycles. The molecular weight excluding hydrogens is 350 g/mol. The second kappa shape index (κ2) is 9.30. The van der Waals surface area contributed by atoms with Gasteiger partial charge in [-0.25, -0.2) is 13.4 Å². The van der Waals surface area contributed by atoms with E-state index in [1.54, 1.807) is 6.20 Å². The molecular formula is C19H29N3O3S. The van der Waals surface area contributed by atoms with Crippen LogP contribution in [0.2, 0.25) is 0 Å². The molecule has 6 nitrogen and oxygen atoms in total. The van der Waals surface area contributed by atoms with Gasteiger partial charge in [-0.3, -0.25) is 4.90 Å². The lowest BCUT2D eigenvalue weighted by Crippen LogP contribution is -2.28. The first-order valence-corrected chi connectivity index (χ1v) is 10.7. The molecule has 0 radical (unpaired) electrons. The van der Waals surface area contributed by atoms with Gasteiger partial charge < -0.3 is 9.67 Å². The number of benzene rings is 1. The molecule has 1 aromatic heterocycles. The first-order chi connectivity index (χ1) is 12.4. The maximum Gasteiger partial charge on any atom is 0.228 e. The number of nitrogens with zero attached hydrogens (tertiary/aromatic N) is 3. The molecule has 2 aromatic rings. The van der Waals surface area contributed by atoms with E-state index in [0.717, 1.165) is 17.8 Å². The molecule has 7 heteroatoms. The zero-order chi connectivity index (χ0) is 19.2. The van der Waals surface area contributed by atoms with Crippen molar-refractivity contribution >= 4 is 9.84 Å². The molecule has 0 aliphatic carbocycles. The molecule has 0 amide bonds. The Balaban J connectivity index is 2.35. The zero-order valence-corrected chi connectivity index (χ0v) is 16.6. The van der Waals surface area contributed by atoms with Gasteiger partial charge in [0.05, 0.1) is 24.3 Å². The summed E-state index contributed by atoms with van der Waals surface area (Å²) in [6.07, 6.45) is 1.65. The summed E-state index contributed by atoms with van der Waals surface area (Å²) < 4.78 is 27.7. The van der Waals surface area contributed by atoms with Crippen molar-refractivity contribution in [2.24, 2.45) is 5.92 Å². The predicted molar refractivity (Wildman–Crippen MR) is 102 cm³/mol. The lowest BCUT2D eigenvalue weighted by molar-refractivity contribution is 0.193. The summed E-state index contributed by atoms with van der Waals surface area (Å²) >= 11 is 0. The van der Waals surface area contributed by atoms with Gasteiger partial charge in [-0.1, -0.05) is 51.1 Å². The lowest BCUT2D eigenvalue weighted by Gasteiger charge is -2.21. The molecule has 0 saturated carbocycles. The number of imidazole rings is 1. The minimum atomic E-state index is -3.54. The molecule has 2 rings (SSSR count). The van der Waals surface area contributed by atoms with E-state index in [-0.39, 0.29) is 17.5 Å². The highest BCUT2D eigenvalue weighted by Gasteiger charge is 2.24. The number of hydrogen-bond donors (Lipinski definition) is 1. The first kappa shape index (κ1) is 20.6. The minimum Gasteiger partial charge on any atom is -0.395 e. The van der Waals surface area contributed by atoms with Crippen LogP contribution in [-0.2, 0) is 28.7 Å². The molecule has 0 bridgehead atoms. The number of aliphatic hydroxyl groups is 1. The molecule has 26 heavy (non-hydrogen) atoms. The third-order valence-electron chi connectivity index (χ3n) is 4.18. The molecule has 1 N–H and O–H groups in total. The topological polar surface area (TPSA) is 75.4 Å². The Kier molecular flexibility index (Phi) is 7.37. The van der Waals surface area contributed by atoms with Gasteiger partial charge in [0, 0.05) is 19.6 Å². The summed E-state index contributed by atoms with van der Waals surface area (Å²) in [5, 5.41) is 9.33. The van der Waals surface area contributed by atoms with Crippen LogP contribution >= 0.6 is 0 Å². The van der Waals surface area contributed by atoms with E-state index in [9.17, 15) is 13.5 Å². The van der Waals surface area contributed by atoms with Gasteiger partial charge in [0.15, 0.2) is 0 Å². The zero-order valence-electron chi connectivity index (χ0n) is 15.8. The Bertz CT molecular complexity index is 786. The summed E-state index contributed by atoms with van der Waals surface area (Å²) in [7, 11) is -3.54. The van der Waals surface area contributed by atoms with Gasteiger partial charge in [0.1, 0.15) is 0 Å². The van der Waals surface area contributed by atoms with Gasteiger partial charge in [0.2, 0.25) is 15.0 Å². The Morgan fingerprint density at radius 2 is 1.92 bits per heavy atom. The van der Waals surface area contributed by atoms with Crippen LogP contribution < -0.4 is 0 Å². The van der Waals surface area contributed by atoms with Crippen molar-refractivity contribution in [3.8, 4) is 0 Å². The molecule has 0 saturated heterocycles. The number of sulfone groups is 1. The van der Waals surface area contributed by atoms with E-state index >= 15 is 0 Å². The van der Waals surface area contributed by atoms with Gasteiger partial charge >= 0.3 is 0 Å². The Labute approximate surface area is 156 Å². The number of aromatic nitrogens is 2. The molecule has 0 fully saturated rings. The fourth-order valence-corrected chi connectivity index (χ4v) is 4.41. The highest BCUT2D eigenvalue weighted by Crippen LogP contribution is 2.20. The van der Waals surface area contributed by atoms with Gasteiger partial charge in [-0.2, -0.15) is 0 Å². The van der Waals surface area contributed by atoms with Crippen LogP contribution in [0.5, 0.6) is 0 Å². The summed E-state index contributed by atoms with van der Waals surface area (Å²) in [5.41, 5.74) is 1.62. The lowest BCUT2D eigenvalue weighted by atomic mass is 10.2. The van der Waals surface area contributed by atoms with Crippen LogP contribution in [0.3, 0.4) is 0 Å². The Morgan fingerprint density at radius 1 is 1.23 bits per heavy atom. The Hall–Kier alpha value is -1.70. The van der Waals surface area contributed by atoms with E-state index in [1.807, 2.05) is 41.8 Å². The van der Waals surface area contributed by atoms with Crippen LogP contribution in [-0.4, -0.2) is 47.7 Å². The van der Waals surface area contributed by atoms with Crippen molar-refractivity contribution in [1.82, 2.24) is 14.5 Å². The molecule has 0 spiro atoms. The number of hydrogen-bond acceptors (Lipinski definition) is 5. The van der Waals surface area contributed by atoms with Crippen molar-refractivity contribution in [1.29, 1.82) is 0 Å². The SMILES string of the molecule is CCN(CCO)Cc1cnc(S(=O)(=O)Cc2ccccc2)n1CC(C)C. The normalized spacial score (nSPS) is 12.2. The van der Waals surface area contributed by atoms with Crippen molar-refractivity contribution in [3.05, 3.63) is 47.8 Å². The predicted octanol–water partition coefficient (Wildman–Crippen LogP) is 2.33.